The molecule has 0 saturated heterocycles. The fourth-order valence-electron chi connectivity index (χ4n) is 1.44. The molecule has 1 atom stereocenters. The van der Waals surface area contributed by atoms with Crippen molar-refractivity contribution in [3.63, 3.8) is 0 Å². The zero-order valence-electron chi connectivity index (χ0n) is 10.9. The minimum atomic E-state index is 0.168. The van der Waals surface area contributed by atoms with Gasteiger partial charge in [0.15, 0.2) is 5.82 Å². The zero-order valence-corrected chi connectivity index (χ0v) is 10.9. The van der Waals surface area contributed by atoms with Gasteiger partial charge in [0.2, 0.25) is 5.88 Å². The molecule has 0 saturated carbocycles. The van der Waals surface area contributed by atoms with E-state index in [1.54, 1.807) is 26.4 Å². The number of ether oxygens (including phenoxy) is 2. The van der Waals surface area contributed by atoms with Gasteiger partial charge >= 0.3 is 0 Å². The van der Waals surface area contributed by atoms with Gasteiger partial charge in [-0.25, -0.2) is 0 Å². The van der Waals surface area contributed by atoms with Crippen molar-refractivity contribution in [3.8, 4) is 5.88 Å². The lowest BCUT2D eigenvalue weighted by atomic mass is 10.1. The van der Waals surface area contributed by atoms with Crippen LogP contribution in [0.1, 0.15) is 13.8 Å². The molecule has 1 heterocycles. The van der Waals surface area contributed by atoms with E-state index >= 15 is 0 Å². The van der Waals surface area contributed by atoms with E-state index in [1.165, 1.54) is 0 Å². The molecule has 96 valence electrons. The molecular formula is C12H21N3O2. The minimum Gasteiger partial charge on any atom is -0.481 e. The number of nitrogens with zero attached hydrogens (tertiary/aromatic N) is 1. The average molecular weight is 239 g/mol. The summed E-state index contributed by atoms with van der Waals surface area (Å²) in [6.45, 7) is 4.84. The Kier molecular flexibility index (Phi) is 5.03. The zero-order chi connectivity index (χ0) is 12.8. The Labute approximate surface area is 102 Å². The molecule has 0 spiro atoms. The maximum Gasteiger partial charge on any atom is 0.215 e. The second kappa shape index (κ2) is 6.30. The highest BCUT2D eigenvalue weighted by molar-refractivity contribution is 5.62. The largest absolute Gasteiger partial charge is 0.481 e. The van der Waals surface area contributed by atoms with Crippen LogP contribution in [0.2, 0.25) is 0 Å². The highest BCUT2D eigenvalue weighted by Crippen LogP contribution is 2.21. The topological polar surface area (TPSA) is 69.4 Å². The standard InChI is InChI=1S/C12H21N3O2/c1-8(2)10(7-16-3)14-12-9(13)5-6-11(15-12)17-4/h5-6,8,10H,7,13H2,1-4H3,(H,14,15). The smallest absolute Gasteiger partial charge is 0.215 e. The van der Waals surface area contributed by atoms with Crippen LogP contribution in [0.4, 0.5) is 11.5 Å². The summed E-state index contributed by atoms with van der Waals surface area (Å²) < 4.78 is 10.2. The molecule has 3 N–H and O–H groups in total. The van der Waals surface area contributed by atoms with E-state index in [-0.39, 0.29) is 6.04 Å². The third-order valence-electron chi connectivity index (χ3n) is 2.58. The van der Waals surface area contributed by atoms with Gasteiger partial charge in [0, 0.05) is 13.2 Å². The van der Waals surface area contributed by atoms with Crippen molar-refractivity contribution in [2.24, 2.45) is 5.92 Å². The molecule has 1 rings (SSSR count). The van der Waals surface area contributed by atoms with Crippen molar-refractivity contribution >= 4 is 11.5 Å². The third kappa shape index (κ3) is 3.78. The molecule has 0 fully saturated rings. The van der Waals surface area contributed by atoms with Crippen LogP contribution in [0.15, 0.2) is 12.1 Å². The van der Waals surface area contributed by atoms with Gasteiger partial charge in [0.25, 0.3) is 0 Å². The maximum atomic E-state index is 5.87. The number of rotatable bonds is 6. The van der Waals surface area contributed by atoms with Crippen LogP contribution in [0.3, 0.4) is 0 Å². The molecule has 0 amide bonds. The number of methoxy groups -OCH3 is 2. The normalized spacial score (nSPS) is 12.5. The molecule has 5 nitrogen and oxygen atoms in total. The summed E-state index contributed by atoms with van der Waals surface area (Å²) in [5.41, 5.74) is 6.47. The number of nitrogen functional groups attached to an aromatic ring is 1. The van der Waals surface area contributed by atoms with Crippen LogP contribution in [0.25, 0.3) is 0 Å². The maximum absolute atomic E-state index is 5.87. The SMILES string of the molecule is COCC(Nc1nc(OC)ccc1N)C(C)C. The van der Waals surface area contributed by atoms with E-state index in [0.717, 1.165) is 0 Å². The fourth-order valence-corrected chi connectivity index (χ4v) is 1.44. The Morgan fingerprint density at radius 1 is 1.35 bits per heavy atom. The summed E-state index contributed by atoms with van der Waals surface area (Å²) in [5.74, 6) is 1.60. The predicted octanol–water partition coefficient (Wildman–Crippen LogP) is 1.76. The van der Waals surface area contributed by atoms with Crippen molar-refractivity contribution in [2.45, 2.75) is 19.9 Å². The molecule has 0 aliphatic heterocycles. The summed E-state index contributed by atoms with van der Waals surface area (Å²) in [5, 5.41) is 3.28. The molecule has 1 unspecified atom stereocenters. The Hall–Kier alpha value is -1.49. The van der Waals surface area contributed by atoms with E-state index in [4.69, 9.17) is 15.2 Å². The van der Waals surface area contributed by atoms with Crippen LogP contribution in [0, 0.1) is 5.92 Å². The lowest BCUT2D eigenvalue weighted by Crippen LogP contribution is -2.31. The van der Waals surface area contributed by atoms with Crippen LogP contribution in [-0.2, 0) is 4.74 Å². The van der Waals surface area contributed by atoms with Gasteiger partial charge in [-0.15, -0.1) is 0 Å². The van der Waals surface area contributed by atoms with E-state index in [1.807, 2.05) is 0 Å². The quantitative estimate of drug-likeness (QED) is 0.791. The van der Waals surface area contributed by atoms with Gasteiger partial charge in [-0.2, -0.15) is 4.98 Å². The first-order valence-electron chi connectivity index (χ1n) is 5.64. The number of hydrogen-bond donors (Lipinski definition) is 2. The minimum absolute atomic E-state index is 0.168. The molecule has 1 aromatic rings. The summed E-state index contributed by atoms with van der Waals surface area (Å²) in [6.07, 6.45) is 0. The first-order valence-corrected chi connectivity index (χ1v) is 5.64. The van der Waals surface area contributed by atoms with E-state index < -0.39 is 0 Å². The highest BCUT2D eigenvalue weighted by Gasteiger charge is 2.15. The van der Waals surface area contributed by atoms with Crippen LogP contribution in [0.5, 0.6) is 5.88 Å². The number of nitrogens with one attached hydrogen (secondary N) is 1. The van der Waals surface area contributed by atoms with Gasteiger partial charge in [-0.05, 0) is 12.0 Å². The van der Waals surface area contributed by atoms with Gasteiger partial charge in [0.05, 0.1) is 25.4 Å². The Morgan fingerprint density at radius 3 is 2.59 bits per heavy atom. The van der Waals surface area contributed by atoms with E-state index in [9.17, 15) is 0 Å². The summed E-state index contributed by atoms with van der Waals surface area (Å²) in [7, 11) is 3.26. The van der Waals surface area contributed by atoms with Crippen molar-refractivity contribution in [3.05, 3.63) is 12.1 Å². The highest BCUT2D eigenvalue weighted by atomic mass is 16.5. The second-order valence-corrected chi connectivity index (χ2v) is 4.24. The molecule has 5 heteroatoms. The molecule has 1 aromatic heterocycles. The summed E-state index contributed by atoms with van der Waals surface area (Å²) in [6, 6.07) is 3.68. The first-order chi connectivity index (χ1) is 8.08. The number of hydrogen-bond acceptors (Lipinski definition) is 5. The van der Waals surface area contributed by atoms with Crippen molar-refractivity contribution in [2.75, 3.05) is 31.9 Å². The van der Waals surface area contributed by atoms with Crippen LogP contribution >= 0.6 is 0 Å². The number of anilines is 2. The molecule has 0 bridgehead atoms. The second-order valence-electron chi connectivity index (χ2n) is 4.24. The predicted molar refractivity (Wildman–Crippen MR) is 69.3 cm³/mol. The van der Waals surface area contributed by atoms with Crippen molar-refractivity contribution in [1.29, 1.82) is 0 Å². The molecule has 0 radical (unpaired) electrons. The molecule has 0 aromatic carbocycles. The van der Waals surface area contributed by atoms with Gasteiger partial charge < -0.3 is 20.5 Å². The monoisotopic (exact) mass is 239 g/mol. The van der Waals surface area contributed by atoms with Crippen molar-refractivity contribution < 1.29 is 9.47 Å². The lowest BCUT2D eigenvalue weighted by molar-refractivity contribution is 0.171. The van der Waals surface area contributed by atoms with Gasteiger partial charge in [-0.3, -0.25) is 0 Å². The summed E-state index contributed by atoms with van der Waals surface area (Å²) in [4.78, 5) is 4.28. The Morgan fingerprint density at radius 2 is 2.06 bits per heavy atom. The third-order valence-corrected chi connectivity index (χ3v) is 2.58. The van der Waals surface area contributed by atoms with Gasteiger partial charge in [-0.1, -0.05) is 13.8 Å². The molecule has 0 aliphatic carbocycles. The van der Waals surface area contributed by atoms with Crippen LogP contribution < -0.4 is 15.8 Å². The van der Waals surface area contributed by atoms with E-state index in [0.29, 0.717) is 29.9 Å². The summed E-state index contributed by atoms with van der Waals surface area (Å²) >= 11 is 0. The Balaban J connectivity index is 2.84. The lowest BCUT2D eigenvalue weighted by Gasteiger charge is -2.23. The van der Waals surface area contributed by atoms with Crippen LogP contribution in [-0.4, -0.2) is 31.9 Å². The molecule has 17 heavy (non-hydrogen) atoms. The Bertz CT molecular complexity index is 356. The molecular weight excluding hydrogens is 218 g/mol. The average Bonchev–Trinajstić information content (AvgIpc) is 2.31. The fraction of sp³-hybridized carbons (Fsp3) is 0.583. The number of nitrogens with two attached hydrogens (primary N) is 1. The van der Waals surface area contributed by atoms with Gasteiger partial charge in [0.1, 0.15) is 0 Å². The molecule has 0 aliphatic rings. The first kappa shape index (κ1) is 13.6. The van der Waals surface area contributed by atoms with E-state index in [2.05, 4.69) is 24.1 Å². The number of pyridine rings is 1. The van der Waals surface area contributed by atoms with Crippen molar-refractivity contribution in [1.82, 2.24) is 4.98 Å². The number of aromatic nitrogens is 1.